The van der Waals surface area contributed by atoms with Crippen molar-refractivity contribution in [1.82, 2.24) is 15.1 Å². The summed E-state index contributed by atoms with van der Waals surface area (Å²) in [4.78, 5) is 2.29. The maximum atomic E-state index is 13.5. The topological polar surface area (TPSA) is 41.1 Å². The minimum atomic E-state index is -0.517. The summed E-state index contributed by atoms with van der Waals surface area (Å²) in [6.07, 6.45) is 0.798. The zero-order chi connectivity index (χ0) is 15.2. The monoisotopic (exact) mass is 312 g/mol. The first kappa shape index (κ1) is 15.8. The van der Waals surface area contributed by atoms with E-state index in [1.807, 2.05) is 0 Å². The summed E-state index contributed by atoms with van der Waals surface area (Å²) in [6.45, 7) is 7.13. The van der Waals surface area contributed by atoms with Gasteiger partial charge in [-0.25, -0.2) is 8.78 Å². The van der Waals surface area contributed by atoms with Gasteiger partial charge in [0, 0.05) is 19.0 Å². The number of hydrogen-bond donors (Lipinski definition) is 1. The molecule has 0 unspecified atom stereocenters. The third-order valence-corrected chi connectivity index (χ3v) is 4.07. The van der Waals surface area contributed by atoms with E-state index in [9.17, 15) is 8.78 Å². The van der Waals surface area contributed by atoms with Crippen molar-refractivity contribution in [2.24, 2.45) is 0 Å². The van der Waals surface area contributed by atoms with E-state index < -0.39 is 11.6 Å². The molecule has 0 bridgehead atoms. The normalized spacial score (nSPS) is 11.1. The number of hydrogen-bond acceptors (Lipinski definition) is 5. The first-order chi connectivity index (χ1) is 10.1. The van der Waals surface area contributed by atoms with E-state index in [2.05, 4.69) is 34.3 Å². The number of halogens is 2. The van der Waals surface area contributed by atoms with Crippen LogP contribution in [-0.2, 0) is 6.42 Å². The van der Waals surface area contributed by atoms with Crippen molar-refractivity contribution in [2.75, 3.05) is 25.0 Å². The zero-order valence-electron chi connectivity index (χ0n) is 12.1. The summed E-state index contributed by atoms with van der Waals surface area (Å²) < 4.78 is 26.6. The van der Waals surface area contributed by atoms with Crippen molar-refractivity contribution in [3.63, 3.8) is 0 Å². The first-order valence-corrected chi connectivity index (χ1v) is 7.70. The Morgan fingerprint density at radius 1 is 1.19 bits per heavy atom. The van der Waals surface area contributed by atoms with Crippen LogP contribution in [-0.4, -0.2) is 34.7 Å². The number of nitrogens with one attached hydrogen (secondary N) is 1. The van der Waals surface area contributed by atoms with E-state index in [4.69, 9.17) is 0 Å². The van der Waals surface area contributed by atoms with Gasteiger partial charge in [-0.1, -0.05) is 25.2 Å². The minimum absolute atomic E-state index is 0.0708. The van der Waals surface area contributed by atoms with Gasteiger partial charge < -0.3 is 10.2 Å². The molecule has 7 heteroatoms. The SMILES string of the molecule is CCN(CC)CCc1nnc(Nc2cc(F)ccc2F)s1. The molecule has 0 aliphatic rings. The lowest BCUT2D eigenvalue weighted by Gasteiger charge is -2.16. The number of rotatable bonds is 7. The molecule has 2 rings (SSSR count). The molecule has 114 valence electrons. The highest BCUT2D eigenvalue weighted by Gasteiger charge is 2.09. The summed E-state index contributed by atoms with van der Waals surface area (Å²) in [6, 6.07) is 3.27. The number of likely N-dealkylation sites (N-methyl/N-ethyl adjacent to an activating group) is 1. The second-order valence-electron chi connectivity index (χ2n) is 4.53. The summed E-state index contributed by atoms with van der Waals surface area (Å²) in [5, 5.41) is 12.1. The molecule has 4 nitrogen and oxygen atoms in total. The van der Waals surface area contributed by atoms with Crippen molar-refractivity contribution in [2.45, 2.75) is 20.3 Å². The maximum absolute atomic E-state index is 13.5. The van der Waals surface area contributed by atoms with E-state index in [-0.39, 0.29) is 5.69 Å². The van der Waals surface area contributed by atoms with Crippen LogP contribution in [0.1, 0.15) is 18.9 Å². The zero-order valence-corrected chi connectivity index (χ0v) is 12.9. The van der Waals surface area contributed by atoms with Crippen LogP contribution >= 0.6 is 11.3 Å². The second kappa shape index (κ2) is 7.42. The summed E-state index contributed by atoms with van der Waals surface area (Å²) >= 11 is 1.36. The molecule has 0 radical (unpaired) electrons. The van der Waals surface area contributed by atoms with Gasteiger partial charge in [0.25, 0.3) is 0 Å². The standard InChI is InChI=1S/C14H18F2N4S/c1-3-20(4-2)8-7-13-18-19-14(21-13)17-12-9-10(15)5-6-11(12)16/h5-6,9H,3-4,7-8H2,1-2H3,(H,17,19). The van der Waals surface area contributed by atoms with E-state index in [0.717, 1.165) is 49.3 Å². The van der Waals surface area contributed by atoms with Crippen molar-refractivity contribution in [3.05, 3.63) is 34.8 Å². The van der Waals surface area contributed by atoms with E-state index in [0.29, 0.717) is 5.13 Å². The Morgan fingerprint density at radius 2 is 1.95 bits per heavy atom. The van der Waals surface area contributed by atoms with Gasteiger partial charge in [-0.3, -0.25) is 0 Å². The molecule has 0 fully saturated rings. The molecule has 2 aromatic rings. The predicted octanol–water partition coefficient (Wildman–Crippen LogP) is 3.44. The Hall–Kier alpha value is -1.60. The van der Waals surface area contributed by atoms with Gasteiger partial charge >= 0.3 is 0 Å². The third-order valence-electron chi connectivity index (χ3n) is 3.17. The highest BCUT2D eigenvalue weighted by molar-refractivity contribution is 7.15. The van der Waals surface area contributed by atoms with Crippen LogP contribution in [0.25, 0.3) is 0 Å². The molecule has 1 aromatic heterocycles. The molecular weight excluding hydrogens is 294 g/mol. The van der Waals surface area contributed by atoms with E-state index in [1.165, 1.54) is 11.3 Å². The van der Waals surface area contributed by atoms with Crippen molar-refractivity contribution >= 4 is 22.2 Å². The Balaban J connectivity index is 1.98. The predicted molar refractivity (Wildman–Crippen MR) is 81.0 cm³/mol. The summed E-state index contributed by atoms with van der Waals surface area (Å²) in [5.74, 6) is -1.01. The number of benzene rings is 1. The Kier molecular flexibility index (Phi) is 5.58. The highest BCUT2D eigenvalue weighted by atomic mass is 32.1. The van der Waals surface area contributed by atoms with Gasteiger partial charge in [0.2, 0.25) is 5.13 Å². The van der Waals surface area contributed by atoms with Crippen LogP contribution in [0.15, 0.2) is 18.2 Å². The van der Waals surface area contributed by atoms with Gasteiger partial charge in [-0.05, 0) is 25.2 Å². The van der Waals surface area contributed by atoms with Gasteiger partial charge in [-0.15, -0.1) is 10.2 Å². The summed E-state index contributed by atoms with van der Waals surface area (Å²) in [5.41, 5.74) is 0.0708. The number of aromatic nitrogens is 2. The fourth-order valence-electron chi connectivity index (χ4n) is 1.91. The molecule has 21 heavy (non-hydrogen) atoms. The number of nitrogens with zero attached hydrogens (tertiary/aromatic N) is 3. The van der Waals surface area contributed by atoms with Crippen molar-refractivity contribution < 1.29 is 8.78 Å². The van der Waals surface area contributed by atoms with Crippen LogP contribution in [0.5, 0.6) is 0 Å². The van der Waals surface area contributed by atoms with E-state index >= 15 is 0 Å². The first-order valence-electron chi connectivity index (χ1n) is 6.89. The molecule has 0 saturated heterocycles. The van der Waals surface area contributed by atoms with Gasteiger partial charge in [0.1, 0.15) is 16.6 Å². The Labute approximate surface area is 126 Å². The minimum Gasteiger partial charge on any atom is -0.328 e. The average molecular weight is 312 g/mol. The van der Waals surface area contributed by atoms with Gasteiger partial charge in [0.15, 0.2) is 0 Å². The molecule has 1 aromatic carbocycles. The van der Waals surface area contributed by atoms with Gasteiger partial charge in [-0.2, -0.15) is 0 Å². The molecular formula is C14H18F2N4S. The lowest BCUT2D eigenvalue weighted by Crippen LogP contribution is -2.25. The van der Waals surface area contributed by atoms with Crippen molar-refractivity contribution in [3.8, 4) is 0 Å². The molecule has 0 saturated carbocycles. The smallest absolute Gasteiger partial charge is 0.210 e. The van der Waals surface area contributed by atoms with Gasteiger partial charge in [0.05, 0.1) is 5.69 Å². The van der Waals surface area contributed by atoms with Crippen molar-refractivity contribution in [1.29, 1.82) is 0 Å². The second-order valence-corrected chi connectivity index (χ2v) is 5.59. The average Bonchev–Trinajstić information content (AvgIpc) is 2.92. The Bertz CT molecular complexity index is 584. The molecule has 0 atom stereocenters. The largest absolute Gasteiger partial charge is 0.328 e. The molecule has 1 N–H and O–H groups in total. The lowest BCUT2D eigenvalue weighted by atomic mass is 10.3. The molecule has 0 aliphatic heterocycles. The molecule has 0 aliphatic carbocycles. The maximum Gasteiger partial charge on any atom is 0.210 e. The quantitative estimate of drug-likeness (QED) is 0.850. The highest BCUT2D eigenvalue weighted by Crippen LogP contribution is 2.23. The molecule has 1 heterocycles. The van der Waals surface area contributed by atoms with Crippen LogP contribution in [0.2, 0.25) is 0 Å². The third kappa shape index (κ3) is 4.44. The van der Waals surface area contributed by atoms with Crippen LogP contribution < -0.4 is 5.32 Å². The van der Waals surface area contributed by atoms with Crippen LogP contribution in [0, 0.1) is 11.6 Å². The molecule has 0 spiro atoms. The van der Waals surface area contributed by atoms with E-state index in [1.54, 1.807) is 0 Å². The van der Waals surface area contributed by atoms with Crippen LogP contribution in [0.3, 0.4) is 0 Å². The number of anilines is 2. The summed E-state index contributed by atoms with van der Waals surface area (Å²) in [7, 11) is 0. The fourth-order valence-corrected chi connectivity index (χ4v) is 2.65. The van der Waals surface area contributed by atoms with Crippen LogP contribution in [0.4, 0.5) is 19.6 Å². The molecule has 0 amide bonds. The fraction of sp³-hybridized carbons (Fsp3) is 0.429. The Morgan fingerprint density at radius 3 is 2.67 bits per heavy atom. The lowest BCUT2D eigenvalue weighted by molar-refractivity contribution is 0.307.